The van der Waals surface area contributed by atoms with Crippen LogP contribution in [0.1, 0.15) is 25.7 Å². The van der Waals surface area contributed by atoms with E-state index in [1.807, 2.05) is 0 Å². The Morgan fingerprint density at radius 1 is 1.44 bits per heavy atom. The largest absolute Gasteiger partial charge is 0.379 e. The molecular formula is C11H18N2O3. The number of carbonyl (C=O) groups excluding carboxylic acids is 2. The Bertz CT molecular complexity index is 264. The van der Waals surface area contributed by atoms with Crippen LogP contribution in [0.4, 0.5) is 0 Å². The highest BCUT2D eigenvalue weighted by Gasteiger charge is 2.26. The van der Waals surface area contributed by atoms with Crippen LogP contribution in [0.15, 0.2) is 0 Å². The van der Waals surface area contributed by atoms with Crippen LogP contribution in [0.2, 0.25) is 0 Å². The third-order valence-electron chi connectivity index (χ3n) is 3.14. The molecule has 0 aliphatic carbocycles. The highest BCUT2D eigenvalue weighted by atomic mass is 16.5. The van der Waals surface area contributed by atoms with Crippen molar-refractivity contribution in [3.63, 3.8) is 0 Å². The summed E-state index contributed by atoms with van der Waals surface area (Å²) >= 11 is 0. The standard InChI is InChI=1S/C11H18N2O3/c14-10-4-3-8(6-12-10)11(15)13-9-2-1-5-16-7-9/h8-9H,1-7H2,(H,12,14)(H,13,15). The summed E-state index contributed by atoms with van der Waals surface area (Å²) < 4.78 is 5.30. The summed E-state index contributed by atoms with van der Waals surface area (Å²) in [6.45, 7) is 1.88. The molecule has 0 saturated carbocycles. The summed E-state index contributed by atoms with van der Waals surface area (Å²) in [7, 11) is 0. The second-order valence-corrected chi connectivity index (χ2v) is 4.46. The number of rotatable bonds is 2. The molecule has 2 aliphatic heterocycles. The van der Waals surface area contributed by atoms with Gasteiger partial charge < -0.3 is 15.4 Å². The van der Waals surface area contributed by atoms with E-state index in [1.54, 1.807) is 0 Å². The Morgan fingerprint density at radius 2 is 2.31 bits per heavy atom. The summed E-state index contributed by atoms with van der Waals surface area (Å²) in [5.74, 6) is 0.0279. The number of carbonyl (C=O) groups is 2. The molecular weight excluding hydrogens is 208 g/mol. The Kier molecular flexibility index (Phi) is 3.77. The normalized spacial score (nSPS) is 30.6. The van der Waals surface area contributed by atoms with Gasteiger partial charge in [-0.25, -0.2) is 0 Å². The van der Waals surface area contributed by atoms with Crippen LogP contribution in [0.5, 0.6) is 0 Å². The van der Waals surface area contributed by atoms with Crippen molar-refractivity contribution in [2.45, 2.75) is 31.7 Å². The van der Waals surface area contributed by atoms with Crippen LogP contribution in [0.25, 0.3) is 0 Å². The first-order chi connectivity index (χ1) is 7.75. The molecule has 2 amide bonds. The lowest BCUT2D eigenvalue weighted by atomic mass is 9.97. The molecule has 2 aliphatic rings. The number of hydrogen-bond acceptors (Lipinski definition) is 3. The predicted octanol–water partition coefficient (Wildman–Crippen LogP) is -0.192. The van der Waals surface area contributed by atoms with Gasteiger partial charge in [0.2, 0.25) is 11.8 Å². The van der Waals surface area contributed by atoms with Crippen LogP contribution in [-0.2, 0) is 14.3 Å². The average molecular weight is 226 g/mol. The quantitative estimate of drug-likeness (QED) is 0.685. The molecule has 2 N–H and O–H groups in total. The summed E-state index contributed by atoms with van der Waals surface area (Å²) in [5.41, 5.74) is 0. The van der Waals surface area contributed by atoms with E-state index in [4.69, 9.17) is 4.74 Å². The van der Waals surface area contributed by atoms with E-state index in [2.05, 4.69) is 10.6 Å². The lowest BCUT2D eigenvalue weighted by molar-refractivity contribution is -0.130. The maximum absolute atomic E-state index is 11.9. The van der Waals surface area contributed by atoms with Crippen LogP contribution in [-0.4, -0.2) is 37.6 Å². The summed E-state index contributed by atoms with van der Waals surface area (Å²) in [6, 6.07) is 0.152. The molecule has 2 unspecified atom stereocenters. The molecule has 2 fully saturated rings. The van der Waals surface area contributed by atoms with Crippen LogP contribution < -0.4 is 10.6 Å². The number of piperidine rings is 1. The van der Waals surface area contributed by atoms with Crippen molar-refractivity contribution in [2.75, 3.05) is 19.8 Å². The molecule has 16 heavy (non-hydrogen) atoms. The monoisotopic (exact) mass is 226 g/mol. The van der Waals surface area contributed by atoms with Crippen molar-refractivity contribution in [3.8, 4) is 0 Å². The van der Waals surface area contributed by atoms with E-state index in [1.165, 1.54) is 0 Å². The predicted molar refractivity (Wildman–Crippen MR) is 57.7 cm³/mol. The van der Waals surface area contributed by atoms with E-state index in [9.17, 15) is 9.59 Å². The van der Waals surface area contributed by atoms with Gasteiger partial charge in [-0.1, -0.05) is 0 Å². The van der Waals surface area contributed by atoms with Gasteiger partial charge in [-0.05, 0) is 19.3 Å². The molecule has 90 valence electrons. The summed E-state index contributed by atoms with van der Waals surface area (Å²) in [4.78, 5) is 22.8. The zero-order valence-corrected chi connectivity index (χ0v) is 9.33. The Morgan fingerprint density at radius 3 is 2.94 bits per heavy atom. The summed E-state index contributed by atoms with van der Waals surface area (Å²) in [5, 5.41) is 5.71. The van der Waals surface area contributed by atoms with Gasteiger partial charge >= 0.3 is 0 Å². The smallest absolute Gasteiger partial charge is 0.225 e. The minimum absolute atomic E-state index is 0.0463. The first-order valence-corrected chi connectivity index (χ1v) is 5.90. The van der Waals surface area contributed by atoms with Gasteiger partial charge in [0.05, 0.1) is 18.6 Å². The maximum Gasteiger partial charge on any atom is 0.225 e. The van der Waals surface area contributed by atoms with E-state index in [-0.39, 0.29) is 23.8 Å². The fraction of sp³-hybridized carbons (Fsp3) is 0.818. The van der Waals surface area contributed by atoms with E-state index in [0.717, 1.165) is 19.4 Å². The van der Waals surface area contributed by atoms with Crippen molar-refractivity contribution >= 4 is 11.8 Å². The molecule has 5 nitrogen and oxygen atoms in total. The van der Waals surface area contributed by atoms with Crippen LogP contribution in [0.3, 0.4) is 0 Å². The van der Waals surface area contributed by atoms with Gasteiger partial charge in [-0.3, -0.25) is 9.59 Å². The number of ether oxygens (including phenoxy) is 1. The Balaban J connectivity index is 1.76. The molecule has 0 aromatic heterocycles. The molecule has 2 heterocycles. The van der Waals surface area contributed by atoms with Gasteiger partial charge in [-0.15, -0.1) is 0 Å². The molecule has 2 atom stereocenters. The van der Waals surface area contributed by atoms with Gasteiger partial charge in [-0.2, -0.15) is 0 Å². The molecule has 0 radical (unpaired) electrons. The molecule has 0 bridgehead atoms. The van der Waals surface area contributed by atoms with Crippen molar-refractivity contribution in [1.82, 2.24) is 10.6 Å². The number of nitrogens with one attached hydrogen (secondary N) is 2. The second-order valence-electron chi connectivity index (χ2n) is 4.46. The Labute approximate surface area is 94.9 Å². The SMILES string of the molecule is O=C1CCC(C(=O)NC2CCCOC2)CN1. The lowest BCUT2D eigenvalue weighted by Gasteiger charge is -2.27. The fourth-order valence-electron chi connectivity index (χ4n) is 2.13. The molecule has 0 spiro atoms. The van der Waals surface area contributed by atoms with E-state index >= 15 is 0 Å². The highest BCUT2D eigenvalue weighted by Crippen LogP contribution is 2.12. The zero-order chi connectivity index (χ0) is 11.4. The van der Waals surface area contributed by atoms with Gasteiger partial charge in [0.15, 0.2) is 0 Å². The zero-order valence-electron chi connectivity index (χ0n) is 9.33. The van der Waals surface area contributed by atoms with Crippen LogP contribution >= 0.6 is 0 Å². The van der Waals surface area contributed by atoms with Crippen molar-refractivity contribution in [1.29, 1.82) is 0 Å². The van der Waals surface area contributed by atoms with Gasteiger partial charge in [0, 0.05) is 19.6 Å². The van der Waals surface area contributed by atoms with Crippen LogP contribution in [0, 0.1) is 5.92 Å². The topological polar surface area (TPSA) is 67.4 Å². The average Bonchev–Trinajstić information content (AvgIpc) is 2.31. The molecule has 0 aromatic rings. The Hall–Kier alpha value is -1.10. The first-order valence-electron chi connectivity index (χ1n) is 5.90. The minimum atomic E-state index is -0.0698. The van der Waals surface area contributed by atoms with Crippen molar-refractivity contribution in [2.24, 2.45) is 5.92 Å². The lowest BCUT2D eigenvalue weighted by Crippen LogP contribution is -2.48. The minimum Gasteiger partial charge on any atom is -0.379 e. The molecule has 0 aromatic carbocycles. The highest BCUT2D eigenvalue weighted by molar-refractivity contribution is 5.83. The van der Waals surface area contributed by atoms with Gasteiger partial charge in [0.1, 0.15) is 0 Å². The number of hydrogen-bond donors (Lipinski definition) is 2. The summed E-state index contributed by atoms with van der Waals surface area (Å²) in [6.07, 6.45) is 3.11. The first kappa shape index (κ1) is 11.4. The van der Waals surface area contributed by atoms with Gasteiger partial charge in [0.25, 0.3) is 0 Å². The third-order valence-corrected chi connectivity index (χ3v) is 3.14. The molecule has 2 rings (SSSR count). The third kappa shape index (κ3) is 2.95. The van der Waals surface area contributed by atoms with E-state index in [0.29, 0.717) is 26.0 Å². The van der Waals surface area contributed by atoms with Crippen molar-refractivity contribution in [3.05, 3.63) is 0 Å². The number of amides is 2. The van der Waals surface area contributed by atoms with Crippen molar-refractivity contribution < 1.29 is 14.3 Å². The molecule has 5 heteroatoms. The fourth-order valence-corrected chi connectivity index (χ4v) is 2.13. The van der Waals surface area contributed by atoms with E-state index < -0.39 is 0 Å². The second kappa shape index (κ2) is 5.30. The molecule has 2 saturated heterocycles. The maximum atomic E-state index is 11.9.